The van der Waals surface area contributed by atoms with E-state index in [1.807, 2.05) is 12.2 Å². The second-order valence-corrected chi connectivity index (χ2v) is 5.01. The zero-order chi connectivity index (χ0) is 13.9. The molecule has 0 amide bonds. The number of nitrogens with two attached hydrogens (primary N) is 1. The fourth-order valence-corrected chi connectivity index (χ4v) is 2.94. The molecule has 8 nitrogen and oxygen atoms in total. The summed E-state index contributed by atoms with van der Waals surface area (Å²) in [6.45, 7) is -0.245. The summed E-state index contributed by atoms with van der Waals surface area (Å²) in [6, 6.07) is 0. The molecule has 1 fully saturated rings. The van der Waals surface area contributed by atoms with Crippen LogP contribution in [0.2, 0.25) is 0 Å². The summed E-state index contributed by atoms with van der Waals surface area (Å²) >= 11 is 0. The van der Waals surface area contributed by atoms with Crippen molar-refractivity contribution < 1.29 is 14.9 Å². The number of nitrogen functional groups attached to an aromatic ring is 1. The van der Waals surface area contributed by atoms with E-state index < -0.39 is 17.9 Å². The maximum atomic E-state index is 10.1. The number of fused-ring (bicyclic) bond motifs is 2. The van der Waals surface area contributed by atoms with Crippen LogP contribution in [0.25, 0.3) is 11.2 Å². The van der Waals surface area contributed by atoms with Crippen molar-refractivity contribution in [2.75, 3.05) is 12.3 Å². The highest BCUT2D eigenvalue weighted by Crippen LogP contribution is 2.49. The predicted octanol–water partition coefficient (Wildman–Crippen LogP) is -1.00. The predicted molar refractivity (Wildman–Crippen MR) is 68.3 cm³/mol. The standard InChI is InChI=1S/C12H13N5O3/c13-10-8-11(15-4-14-10)17(5-16-8)12-2-1-6(12)9(19)7(3-18)20-12/h1-2,4-7,9,18-19H,3H2,(H2,13,14,15)/t6-,7-,9+,12-/m1/s1. The van der Waals surface area contributed by atoms with Gasteiger partial charge in [0.2, 0.25) is 0 Å². The molecule has 2 aromatic rings. The van der Waals surface area contributed by atoms with Crippen LogP contribution in [0.15, 0.2) is 24.8 Å². The van der Waals surface area contributed by atoms with Crippen molar-refractivity contribution in [3.05, 3.63) is 24.8 Å². The van der Waals surface area contributed by atoms with Crippen LogP contribution in [0, 0.1) is 5.92 Å². The van der Waals surface area contributed by atoms with E-state index in [4.69, 9.17) is 10.5 Å². The van der Waals surface area contributed by atoms with Gasteiger partial charge in [-0.05, 0) is 6.08 Å². The fraction of sp³-hybridized carbons (Fsp3) is 0.417. The van der Waals surface area contributed by atoms with Crippen LogP contribution in [-0.4, -0.2) is 48.5 Å². The lowest BCUT2D eigenvalue weighted by Gasteiger charge is -2.38. The van der Waals surface area contributed by atoms with Gasteiger partial charge in [0.05, 0.1) is 25.0 Å². The molecule has 8 heteroatoms. The third-order valence-electron chi connectivity index (χ3n) is 4.03. The van der Waals surface area contributed by atoms with Crippen molar-refractivity contribution in [3.63, 3.8) is 0 Å². The molecular formula is C12H13N5O3. The Morgan fingerprint density at radius 3 is 2.95 bits per heavy atom. The van der Waals surface area contributed by atoms with Crippen LogP contribution >= 0.6 is 0 Å². The number of imidazole rings is 1. The maximum absolute atomic E-state index is 10.1. The molecule has 0 radical (unpaired) electrons. The first-order chi connectivity index (χ1) is 9.67. The molecule has 104 valence electrons. The molecule has 0 spiro atoms. The van der Waals surface area contributed by atoms with E-state index in [2.05, 4.69) is 15.0 Å². The van der Waals surface area contributed by atoms with E-state index >= 15 is 0 Å². The molecule has 0 aromatic carbocycles. The van der Waals surface area contributed by atoms with Crippen molar-refractivity contribution in [3.8, 4) is 0 Å². The van der Waals surface area contributed by atoms with Crippen LogP contribution in [-0.2, 0) is 10.5 Å². The van der Waals surface area contributed by atoms with Gasteiger partial charge in [-0.25, -0.2) is 15.0 Å². The summed E-state index contributed by atoms with van der Waals surface area (Å²) in [5.41, 5.74) is 5.94. The lowest BCUT2D eigenvalue weighted by molar-refractivity contribution is -0.0984. The Morgan fingerprint density at radius 1 is 1.40 bits per heavy atom. The molecule has 1 aliphatic heterocycles. The lowest BCUT2D eigenvalue weighted by atomic mass is 9.81. The molecular weight excluding hydrogens is 262 g/mol. The highest BCUT2D eigenvalue weighted by molar-refractivity contribution is 5.81. The van der Waals surface area contributed by atoms with Gasteiger partial charge in [-0.2, -0.15) is 0 Å². The number of hydrogen-bond donors (Lipinski definition) is 3. The summed E-state index contributed by atoms with van der Waals surface area (Å²) in [5.74, 6) is 0.0514. The molecule has 3 heterocycles. The quantitative estimate of drug-likeness (QED) is 0.601. The van der Waals surface area contributed by atoms with Crippen LogP contribution < -0.4 is 5.73 Å². The molecule has 1 saturated heterocycles. The van der Waals surface area contributed by atoms with E-state index in [0.29, 0.717) is 17.0 Å². The van der Waals surface area contributed by atoms with Gasteiger partial charge in [-0.1, -0.05) is 6.08 Å². The first-order valence-electron chi connectivity index (χ1n) is 6.27. The first-order valence-corrected chi connectivity index (χ1v) is 6.27. The van der Waals surface area contributed by atoms with Gasteiger partial charge in [0, 0.05) is 0 Å². The Kier molecular flexibility index (Phi) is 2.21. The largest absolute Gasteiger partial charge is 0.394 e. The Morgan fingerprint density at radius 2 is 2.25 bits per heavy atom. The van der Waals surface area contributed by atoms with Crippen molar-refractivity contribution in [2.24, 2.45) is 5.92 Å². The molecule has 0 bridgehead atoms. The topological polar surface area (TPSA) is 119 Å². The molecule has 4 rings (SSSR count). The number of nitrogens with zero attached hydrogens (tertiary/aromatic N) is 4. The van der Waals surface area contributed by atoms with Crippen molar-refractivity contribution >= 4 is 17.0 Å². The van der Waals surface area contributed by atoms with Gasteiger partial charge in [0.1, 0.15) is 17.9 Å². The SMILES string of the molecule is Nc1ncnc2c1ncn2[C@@]12C=C[C@@H]1[C@H](O)[C@@H](CO)O2. The number of hydrogen-bond acceptors (Lipinski definition) is 7. The van der Waals surface area contributed by atoms with Crippen LogP contribution in [0.1, 0.15) is 0 Å². The molecule has 1 aliphatic carbocycles. The molecule has 2 aliphatic rings. The normalized spacial score (nSPS) is 35.2. The molecule has 0 unspecified atom stereocenters. The Bertz CT molecular complexity index is 714. The second kappa shape index (κ2) is 3.75. The van der Waals surface area contributed by atoms with Crippen molar-refractivity contribution in [1.82, 2.24) is 19.5 Å². The second-order valence-electron chi connectivity index (χ2n) is 5.01. The molecule has 4 N–H and O–H groups in total. The third-order valence-corrected chi connectivity index (χ3v) is 4.03. The van der Waals surface area contributed by atoms with Gasteiger partial charge in [-0.3, -0.25) is 4.57 Å². The Labute approximate surface area is 113 Å². The van der Waals surface area contributed by atoms with Crippen LogP contribution in [0.4, 0.5) is 5.82 Å². The smallest absolute Gasteiger partial charge is 0.176 e. The van der Waals surface area contributed by atoms with Gasteiger partial charge in [0.15, 0.2) is 17.2 Å². The number of ether oxygens (including phenoxy) is 1. The minimum atomic E-state index is -0.859. The monoisotopic (exact) mass is 275 g/mol. The zero-order valence-corrected chi connectivity index (χ0v) is 10.4. The minimum absolute atomic E-state index is 0.242. The highest BCUT2D eigenvalue weighted by Gasteiger charge is 2.58. The summed E-state index contributed by atoms with van der Waals surface area (Å²) in [6.07, 6.45) is 5.22. The molecule has 4 atom stereocenters. The zero-order valence-electron chi connectivity index (χ0n) is 10.4. The third kappa shape index (κ3) is 1.23. The van der Waals surface area contributed by atoms with Crippen molar-refractivity contribution in [1.29, 1.82) is 0 Å². The number of aliphatic hydroxyl groups is 2. The summed E-state index contributed by atoms with van der Waals surface area (Å²) in [7, 11) is 0. The van der Waals surface area contributed by atoms with E-state index in [0.717, 1.165) is 0 Å². The van der Waals surface area contributed by atoms with Crippen molar-refractivity contribution in [2.45, 2.75) is 17.9 Å². The van der Waals surface area contributed by atoms with Gasteiger partial charge in [0.25, 0.3) is 0 Å². The summed E-state index contributed by atoms with van der Waals surface area (Å²) < 4.78 is 7.56. The van der Waals surface area contributed by atoms with Crippen LogP contribution in [0.5, 0.6) is 0 Å². The van der Waals surface area contributed by atoms with Gasteiger partial charge < -0.3 is 20.7 Å². The van der Waals surface area contributed by atoms with E-state index in [1.165, 1.54) is 6.33 Å². The molecule has 2 aromatic heterocycles. The first kappa shape index (κ1) is 11.8. The lowest BCUT2D eigenvalue weighted by Crippen LogP contribution is -2.44. The summed E-state index contributed by atoms with van der Waals surface area (Å²) in [5, 5.41) is 19.4. The van der Waals surface area contributed by atoms with Crippen LogP contribution in [0.3, 0.4) is 0 Å². The average Bonchev–Trinajstić information content (AvgIpc) is 2.91. The summed E-state index contributed by atoms with van der Waals surface area (Å²) in [4.78, 5) is 12.3. The van der Waals surface area contributed by atoms with Gasteiger partial charge in [-0.15, -0.1) is 0 Å². The number of anilines is 1. The number of rotatable bonds is 2. The van der Waals surface area contributed by atoms with Gasteiger partial charge >= 0.3 is 0 Å². The number of aliphatic hydroxyl groups excluding tert-OH is 2. The van der Waals surface area contributed by atoms with E-state index in [9.17, 15) is 10.2 Å². The molecule has 20 heavy (non-hydrogen) atoms. The average molecular weight is 275 g/mol. The highest BCUT2D eigenvalue weighted by atomic mass is 16.6. The number of aromatic nitrogens is 4. The van der Waals surface area contributed by atoms with E-state index in [-0.39, 0.29) is 12.5 Å². The minimum Gasteiger partial charge on any atom is -0.394 e. The maximum Gasteiger partial charge on any atom is 0.176 e. The Balaban J connectivity index is 1.88. The molecule has 0 saturated carbocycles. The Hall–Kier alpha value is -2.03. The fourth-order valence-electron chi connectivity index (χ4n) is 2.94. The van der Waals surface area contributed by atoms with E-state index in [1.54, 1.807) is 10.9 Å².